The fraction of sp³-hybridized carbons (Fsp3) is 0.300. The number of rotatable bonds is 6. The molecule has 142 valence electrons. The molecule has 0 amide bonds. The molecule has 0 aliphatic carbocycles. The summed E-state index contributed by atoms with van der Waals surface area (Å²) in [5, 5.41) is 0.835. The van der Waals surface area contributed by atoms with Crippen LogP contribution in [0.3, 0.4) is 0 Å². The first-order chi connectivity index (χ1) is 13.0. The van der Waals surface area contributed by atoms with Gasteiger partial charge < -0.3 is 9.64 Å². The van der Waals surface area contributed by atoms with Gasteiger partial charge in [0.15, 0.2) is 11.0 Å². The maximum atomic E-state index is 12.8. The van der Waals surface area contributed by atoms with Gasteiger partial charge in [-0.15, -0.1) is 0 Å². The van der Waals surface area contributed by atoms with Gasteiger partial charge in [-0.25, -0.2) is 0 Å². The van der Waals surface area contributed by atoms with E-state index < -0.39 is 6.61 Å². The fourth-order valence-corrected chi connectivity index (χ4v) is 3.75. The fourth-order valence-electron chi connectivity index (χ4n) is 2.79. The number of ketones is 1. The average Bonchev–Trinajstić information content (AvgIpc) is 2.67. The number of nitrogens with zero attached hydrogens (tertiary/aromatic N) is 2. The molecule has 0 fully saturated rings. The maximum Gasteiger partial charge on any atom is 0.387 e. The van der Waals surface area contributed by atoms with Crippen LogP contribution >= 0.6 is 11.8 Å². The molecule has 2 aromatic rings. The van der Waals surface area contributed by atoms with Crippen LogP contribution in [-0.2, 0) is 0 Å². The molecule has 27 heavy (non-hydrogen) atoms. The molecule has 1 aliphatic rings. The van der Waals surface area contributed by atoms with E-state index in [2.05, 4.69) is 9.73 Å². The summed E-state index contributed by atoms with van der Waals surface area (Å²) in [6.45, 7) is -0.00815. The van der Waals surface area contributed by atoms with Gasteiger partial charge in [0.1, 0.15) is 5.75 Å². The molecule has 0 atom stereocenters. The minimum atomic E-state index is -2.88. The van der Waals surface area contributed by atoms with E-state index in [9.17, 15) is 13.6 Å². The van der Waals surface area contributed by atoms with Gasteiger partial charge in [-0.2, -0.15) is 8.78 Å². The van der Waals surface area contributed by atoms with Crippen molar-refractivity contribution in [1.82, 2.24) is 0 Å². The lowest BCUT2D eigenvalue weighted by atomic mass is 10.1. The quantitative estimate of drug-likeness (QED) is 0.666. The first-order valence-electron chi connectivity index (χ1n) is 8.63. The number of benzene rings is 2. The van der Waals surface area contributed by atoms with Gasteiger partial charge >= 0.3 is 6.61 Å². The molecule has 0 saturated heterocycles. The minimum absolute atomic E-state index is 0.0320. The van der Waals surface area contributed by atoms with Crippen LogP contribution in [0, 0.1) is 6.92 Å². The Morgan fingerprint density at radius 1 is 1.22 bits per heavy atom. The summed E-state index contributed by atoms with van der Waals surface area (Å²) in [6, 6.07) is 13.6. The van der Waals surface area contributed by atoms with E-state index in [4.69, 9.17) is 0 Å². The third kappa shape index (κ3) is 5.07. The minimum Gasteiger partial charge on any atom is -0.435 e. The Morgan fingerprint density at radius 2 is 1.96 bits per heavy atom. The van der Waals surface area contributed by atoms with Gasteiger partial charge in [-0.1, -0.05) is 30.0 Å². The van der Waals surface area contributed by atoms with Crippen molar-refractivity contribution < 1.29 is 18.3 Å². The van der Waals surface area contributed by atoms with Crippen molar-refractivity contribution in [1.29, 1.82) is 0 Å². The number of alkyl halides is 2. The first-order valence-corrected chi connectivity index (χ1v) is 9.61. The summed E-state index contributed by atoms with van der Waals surface area (Å²) in [5.74, 6) is 0.884. The van der Waals surface area contributed by atoms with Crippen molar-refractivity contribution in [2.75, 3.05) is 23.7 Å². The average molecular weight is 390 g/mol. The third-order valence-electron chi connectivity index (χ3n) is 4.12. The largest absolute Gasteiger partial charge is 0.435 e. The Balaban J connectivity index is 1.82. The second-order valence-electron chi connectivity index (χ2n) is 6.06. The molecule has 3 rings (SSSR count). The zero-order valence-corrected chi connectivity index (χ0v) is 15.7. The highest BCUT2D eigenvalue weighted by molar-refractivity contribution is 8.14. The van der Waals surface area contributed by atoms with E-state index in [0.29, 0.717) is 5.56 Å². The summed E-state index contributed by atoms with van der Waals surface area (Å²) < 4.78 is 28.9. The number of carbonyl (C=O) groups excluding carboxylic acids is 1. The molecule has 1 aliphatic heterocycles. The number of carbonyl (C=O) groups is 1. The van der Waals surface area contributed by atoms with Crippen LogP contribution in [0.5, 0.6) is 5.75 Å². The van der Waals surface area contributed by atoms with Gasteiger partial charge in [0.25, 0.3) is 0 Å². The van der Waals surface area contributed by atoms with E-state index >= 15 is 0 Å². The van der Waals surface area contributed by atoms with Crippen LogP contribution in [0.4, 0.5) is 14.5 Å². The van der Waals surface area contributed by atoms with E-state index in [0.717, 1.165) is 35.1 Å². The smallest absolute Gasteiger partial charge is 0.387 e. The SMILES string of the molecule is Cc1ccccc1N(CC(=O)c1ccc(OC(F)F)cc1)C1=NCCCS1. The van der Waals surface area contributed by atoms with Gasteiger partial charge in [0.05, 0.1) is 6.54 Å². The zero-order valence-electron chi connectivity index (χ0n) is 14.9. The molecule has 2 aromatic carbocycles. The highest BCUT2D eigenvalue weighted by atomic mass is 32.2. The van der Waals surface area contributed by atoms with Crippen LogP contribution in [0.15, 0.2) is 53.5 Å². The monoisotopic (exact) mass is 390 g/mol. The van der Waals surface area contributed by atoms with Crippen molar-refractivity contribution in [3.63, 3.8) is 0 Å². The molecule has 0 N–H and O–H groups in total. The Bertz CT molecular complexity index is 825. The number of aliphatic imine (C=N–C) groups is 1. The summed E-state index contributed by atoms with van der Waals surface area (Å²) >= 11 is 1.64. The van der Waals surface area contributed by atoms with Gasteiger partial charge in [-0.3, -0.25) is 9.79 Å². The highest BCUT2D eigenvalue weighted by Crippen LogP contribution is 2.26. The van der Waals surface area contributed by atoms with Gasteiger partial charge in [0, 0.05) is 23.5 Å². The van der Waals surface area contributed by atoms with E-state index in [1.807, 2.05) is 36.1 Å². The summed E-state index contributed by atoms with van der Waals surface area (Å²) in [5.41, 5.74) is 2.44. The molecule has 4 nitrogen and oxygen atoms in total. The molecule has 0 aromatic heterocycles. The summed E-state index contributed by atoms with van der Waals surface area (Å²) in [7, 11) is 0. The van der Waals surface area contributed by atoms with E-state index in [-0.39, 0.29) is 18.1 Å². The van der Waals surface area contributed by atoms with E-state index in [1.54, 1.807) is 11.8 Å². The zero-order chi connectivity index (χ0) is 19.2. The Kier molecular flexibility index (Phi) is 6.45. The molecule has 0 unspecified atom stereocenters. The predicted molar refractivity (Wildman–Crippen MR) is 105 cm³/mol. The number of ether oxygens (including phenoxy) is 1. The normalized spacial score (nSPS) is 14.0. The number of thioether (sulfide) groups is 1. The van der Waals surface area contributed by atoms with Crippen molar-refractivity contribution in [2.45, 2.75) is 20.0 Å². The number of anilines is 1. The van der Waals surface area contributed by atoms with Crippen molar-refractivity contribution >= 4 is 28.4 Å². The molecular formula is C20H20F2N2O2S. The molecule has 0 radical (unpaired) electrons. The van der Waals surface area contributed by atoms with Gasteiger partial charge in [-0.05, 0) is 49.2 Å². The van der Waals surface area contributed by atoms with Gasteiger partial charge in [0.2, 0.25) is 0 Å². The lowest BCUT2D eigenvalue weighted by molar-refractivity contribution is -0.0498. The second-order valence-corrected chi connectivity index (χ2v) is 7.13. The standard InChI is InChI=1S/C20H20F2N2O2S/c1-14-5-2-3-6-17(14)24(20-23-11-4-12-27-20)13-18(25)15-7-9-16(10-8-15)26-19(21)22/h2-3,5-10,19H,4,11-13H2,1H3. The van der Waals surface area contributed by atoms with Crippen molar-refractivity contribution in [2.24, 2.45) is 4.99 Å². The number of aryl methyl sites for hydroxylation is 1. The Labute approximate surface area is 161 Å². The topological polar surface area (TPSA) is 41.9 Å². The van der Waals surface area contributed by atoms with Crippen LogP contribution in [0.25, 0.3) is 0 Å². The summed E-state index contributed by atoms with van der Waals surface area (Å²) in [6.07, 6.45) is 1.02. The van der Waals surface area contributed by atoms with Crippen LogP contribution in [0.1, 0.15) is 22.3 Å². The lowest BCUT2D eigenvalue weighted by Gasteiger charge is -2.28. The Morgan fingerprint density at radius 3 is 2.59 bits per heavy atom. The number of amidine groups is 1. The summed E-state index contributed by atoms with van der Waals surface area (Å²) in [4.78, 5) is 19.3. The highest BCUT2D eigenvalue weighted by Gasteiger charge is 2.21. The molecule has 0 bridgehead atoms. The Hall–Kier alpha value is -2.41. The van der Waals surface area contributed by atoms with Crippen LogP contribution < -0.4 is 9.64 Å². The molecule has 0 spiro atoms. The third-order valence-corrected chi connectivity index (χ3v) is 5.22. The maximum absolute atomic E-state index is 12.8. The molecule has 7 heteroatoms. The molecular weight excluding hydrogens is 370 g/mol. The van der Waals surface area contributed by atoms with Crippen molar-refractivity contribution in [3.8, 4) is 5.75 Å². The van der Waals surface area contributed by atoms with E-state index in [1.165, 1.54) is 24.3 Å². The van der Waals surface area contributed by atoms with Crippen molar-refractivity contribution in [3.05, 3.63) is 59.7 Å². The number of para-hydroxylation sites is 1. The van der Waals surface area contributed by atoms with Crippen LogP contribution in [0.2, 0.25) is 0 Å². The number of hydrogen-bond acceptors (Lipinski definition) is 5. The first kappa shape index (κ1) is 19.4. The second kappa shape index (κ2) is 8.99. The number of halogens is 2. The lowest BCUT2D eigenvalue weighted by Crippen LogP contribution is -2.36. The number of Topliss-reactive ketones (excluding diaryl/α,β-unsaturated/α-hetero) is 1. The predicted octanol–water partition coefficient (Wildman–Crippen LogP) is 4.78. The van der Waals surface area contributed by atoms with Crippen LogP contribution in [-0.4, -0.2) is 36.4 Å². The molecule has 1 heterocycles. The molecule has 0 saturated carbocycles. The number of hydrogen-bond donors (Lipinski definition) is 0.